The molecule has 0 aromatic heterocycles. The van der Waals surface area contributed by atoms with Crippen molar-refractivity contribution in [3.63, 3.8) is 0 Å². The lowest BCUT2D eigenvalue weighted by Crippen LogP contribution is -3.00. The molecule has 0 amide bonds. The number of carbonyl (C=O) groups excluding carboxylic acids is 1. The first kappa shape index (κ1) is 14.9. The first-order valence-electron chi connectivity index (χ1n) is 5.23. The fourth-order valence-electron chi connectivity index (χ4n) is 1.41. The number of hydrogen-bond donors (Lipinski definition) is 1. The molecule has 0 bridgehead atoms. The van der Waals surface area contributed by atoms with Crippen LogP contribution in [0.2, 0.25) is 0 Å². The first-order chi connectivity index (χ1) is 7.22. The van der Waals surface area contributed by atoms with E-state index in [9.17, 15) is 4.79 Å². The maximum Gasteiger partial charge on any atom is 0.310 e. The number of nitrogens with two attached hydrogens (primary N) is 1. The van der Waals surface area contributed by atoms with Crippen LogP contribution in [0.5, 0.6) is 0 Å². The van der Waals surface area contributed by atoms with Crippen LogP contribution in [0.3, 0.4) is 0 Å². The zero-order valence-electron chi connectivity index (χ0n) is 9.65. The van der Waals surface area contributed by atoms with Gasteiger partial charge >= 0.3 is 5.97 Å². The zero-order chi connectivity index (χ0) is 11.1. The SMILES string of the molecule is C[NH2+]CC(C)OC(=O)Cc1ccccc1.[Cl-]. The summed E-state index contributed by atoms with van der Waals surface area (Å²) in [7, 11) is 1.96. The highest BCUT2D eigenvalue weighted by molar-refractivity contribution is 5.72. The van der Waals surface area contributed by atoms with Crippen molar-refractivity contribution in [3.8, 4) is 0 Å². The van der Waals surface area contributed by atoms with Crippen molar-refractivity contribution in [1.29, 1.82) is 0 Å². The lowest BCUT2D eigenvalue weighted by molar-refractivity contribution is -0.632. The predicted octanol–water partition coefficient (Wildman–Crippen LogP) is -2.64. The first-order valence-corrected chi connectivity index (χ1v) is 5.23. The Morgan fingerprint density at radius 3 is 2.56 bits per heavy atom. The molecule has 0 saturated heterocycles. The number of rotatable bonds is 5. The topological polar surface area (TPSA) is 42.9 Å². The molecule has 3 nitrogen and oxygen atoms in total. The molecule has 0 saturated carbocycles. The van der Waals surface area contributed by atoms with E-state index in [0.717, 1.165) is 12.1 Å². The lowest BCUT2D eigenvalue weighted by atomic mass is 10.1. The Morgan fingerprint density at radius 1 is 1.38 bits per heavy atom. The Bertz CT molecular complexity index is 303. The number of hydrogen-bond acceptors (Lipinski definition) is 2. The van der Waals surface area contributed by atoms with Gasteiger partial charge in [-0.15, -0.1) is 0 Å². The third-order valence-electron chi connectivity index (χ3n) is 2.09. The van der Waals surface area contributed by atoms with Gasteiger partial charge in [-0.2, -0.15) is 0 Å². The predicted molar refractivity (Wildman–Crippen MR) is 58.4 cm³/mol. The molecular weight excluding hydrogens is 226 g/mol. The molecule has 0 heterocycles. The zero-order valence-corrected chi connectivity index (χ0v) is 10.4. The van der Waals surface area contributed by atoms with Gasteiger partial charge in [0.2, 0.25) is 0 Å². The van der Waals surface area contributed by atoms with E-state index in [1.165, 1.54) is 0 Å². The summed E-state index contributed by atoms with van der Waals surface area (Å²) in [5.74, 6) is -0.157. The number of ether oxygens (including phenoxy) is 1. The normalized spacial score (nSPS) is 11.4. The van der Waals surface area contributed by atoms with Crippen LogP contribution in [-0.2, 0) is 16.0 Å². The Labute approximate surface area is 103 Å². The molecule has 0 aliphatic carbocycles. The van der Waals surface area contributed by atoms with Gasteiger partial charge in [-0.05, 0) is 12.5 Å². The summed E-state index contributed by atoms with van der Waals surface area (Å²) in [5, 5.41) is 2.00. The number of benzene rings is 1. The summed E-state index contributed by atoms with van der Waals surface area (Å²) in [4.78, 5) is 11.5. The summed E-state index contributed by atoms with van der Waals surface area (Å²) in [5.41, 5.74) is 0.996. The fraction of sp³-hybridized carbons (Fsp3) is 0.417. The Morgan fingerprint density at radius 2 is 2.00 bits per heavy atom. The van der Waals surface area contributed by atoms with Gasteiger partial charge in [-0.25, -0.2) is 0 Å². The van der Waals surface area contributed by atoms with Gasteiger partial charge in [0.05, 0.1) is 13.5 Å². The Balaban J connectivity index is 0.00000225. The Kier molecular flexibility index (Phi) is 7.60. The van der Waals surface area contributed by atoms with Crippen LogP contribution in [-0.4, -0.2) is 25.7 Å². The molecule has 0 aliphatic heterocycles. The van der Waals surface area contributed by atoms with E-state index >= 15 is 0 Å². The van der Waals surface area contributed by atoms with E-state index < -0.39 is 0 Å². The van der Waals surface area contributed by atoms with Crippen LogP contribution in [0.25, 0.3) is 0 Å². The number of likely N-dealkylation sites (N-methyl/N-ethyl adjacent to an activating group) is 1. The second-order valence-corrected chi connectivity index (χ2v) is 3.61. The standard InChI is InChI=1S/C12H17NO2.ClH/c1-10(9-13-2)15-12(14)8-11-6-4-3-5-7-11;/h3-7,10,13H,8-9H2,1-2H3;1H. The number of halogens is 1. The summed E-state index contributed by atoms with van der Waals surface area (Å²) in [6, 6.07) is 9.64. The van der Waals surface area contributed by atoms with Crippen molar-refractivity contribution >= 4 is 5.97 Å². The molecule has 0 fully saturated rings. The van der Waals surface area contributed by atoms with Gasteiger partial charge in [-0.1, -0.05) is 30.3 Å². The third kappa shape index (κ3) is 5.73. The monoisotopic (exact) mass is 243 g/mol. The molecule has 0 spiro atoms. The maximum atomic E-state index is 11.5. The van der Waals surface area contributed by atoms with E-state index in [4.69, 9.17) is 4.74 Å². The van der Waals surface area contributed by atoms with Gasteiger partial charge < -0.3 is 22.5 Å². The largest absolute Gasteiger partial charge is 1.00 e. The average Bonchev–Trinajstić information content (AvgIpc) is 2.19. The number of quaternary nitrogens is 1. The summed E-state index contributed by atoms with van der Waals surface area (Å²) in [6.07, 6.45) is 0.334. The van der Waals surface area contributed by atoms with Crippen LogP contribution in [0.15, 0.2) is 30.3 Å². The van der Waals surface area contributed by atoms with Crippen LogP contribution in [0.1, 0.15) is 12.5 Å². The minimum Gasteiger partial charge on any atom is -1.00 e. The maximum absolute atomic E-state index is 11.5. The molecule has 1 aromatic carbocycles. The number of esters is 1. The van der Waals surface area contributed by atoms with Crippen molar-refractivity contribution in [1.82, 2.24) is 0 Å². The molecule has 0 aliphatic rings. The highest BCUT2D eigenvalue weighted by Crippen LogP contribution is 2.01. The van der Waals surface area contributed by atoms with Gasteiger partial charge in [0.15, 0.2) is 0 Å². The summed E-state index contributed by atoms with van der Waals surface area (Å²) >= 11 is 0. The van der Waals surface area contributed by atoms with Crippen LogP contribution in [0.4, 0.5) is 0 Å². The van der Waals surface area contributed by atoms with Crippen molar-refractivity contribution in [2.24, 2.45) is 0 Å². The van der Waals surface area contributed by atoms with E-state index in [-0.39, 0.29) is 24.5 Å². The highest BCUT2D eigenvalue weighted by atomic mass is 35.5. The van der Waals surface area contributed by atoms with Crippen LogP contribution in [0, 0.1) is 0 Å². The molecule has 1 atom stereocenters. The van der Waals surface area contributed by atoms with E-state index in [1.54, 1.807) is 0 Å². The van der Waals surface area contributed by atoms with Gasteiger partial charge in [0.1, 0.15) is 12.6 Å². The summed E-state index contributed by atoms with van der Waals surface area (Å²) in [6.45, 7) is 2.71. The van der Waals surface area contributed by atoms with Gasteiger partial charge in [-0.3, -0.25) is 4.79 Å². The molecule has 16 heavy (non-hydrogen) atoms. The van der Waals surface area contributed by atoms with Gasteiger partial charge in [0, 0.05) is 0 Å². The average molecular weight is 244 g/mol. The minimum absolute atomic E-state index is 0. The van der Waals surface area contributed by atoms with E-state index in [1.807, 2.05) is 49.6 Å². The van der Waals surface area contributed by atoms with Crippen molar-refractivity contribution in [2.75, 3.05) is 13.6 Å². The second kappa shape index (κ2) is 8.13. The van der Waals surface area contributed by atoms with E-state index in [0.29, 0.717) is 6.42 Å². The molecule has 1 rings (SSSR count). The van der Waals surface area contributed by atoms with Crippen molar-refractivity contribution < 1.29 is 27.3 Å². The van der Waals surface area contributed by atoms with Crippen molar-refractivity contribution in [2.45, 2.75) is 19.4 Å². The Hall–Kier alpha value is -1.06. The molecular formula is C12H18ClNO2. The molecule has 90 valence electrons. The molecule has 1 unspecified atom stereocenters. The second-order valence-electron chi connectivity index (χ2n) is 3.61. The highest BCUT2D eigenvalue weighted by Gasteiger charge is 2.10. The van der Waals surface area contributed by atoms with Gasteiger partial charge in [0.25, 0.3) is 0 Å². The smallest absolute Gasteiger partial charge is 0.310 e. The fourth-order valence-corrected chi connectivity index (χ4v) is 1.41. The summed E-state index contributed by atoms with van der Waals surface area (Å²) < 4.78 is 5.22. The van der Waals surface area contributed by atoms with E-state index in [2.05, 4.69) is 0 Å². The molecule has 0 radical (unpaired) electrons. The van der Waals surface area contributed by atoms with Crippen LogP contribution >= 0.6 is 0 Å². The molecule has 2 N–H and O–H groups in total. The quantitative estimate of drug-likeness (QED) is 0.575. The molecule has 1 aromatic rings. The lowest BCUT2D eigenvalue weighted by Gasteiger charge is -2.10. The number of carbonyl (C=O) groups is 1. The molecule has 4 heteroatoms. The minimum atomic E-state index is -0.157. The third-order valence-corrected chi connectivity index (χ3v) is 2.09. The van der Waals surface area contributed by atoms with Crippen LogP contribution < -0.4 is 17.7 Å². The van der Waals surface area contributed by atoms with Crippen molar-refractivity contribution in [3.05, 3.63) is 35.9 Å².